The number of piperidine rings is 1. The second-order valence-corrected chi connectivity index (χ2v) is 5.98. The van der Waals surface area contributed by atoms with Gasteiger partial charge in [-0.25, -0.2) is 0 Å². The summed E-state index contributed by atoms with van der Waals surface area (Å²) < 4.78 is 1.77. The van der Waals surface area contributed by atoms with Gasteiger partial charge in [0.15, 0.2) is 0 Å². The highest BCUT2D eigenvalue weighted by Gasteiger charge is 2.32. The maximum Gasteiger partial charge on any atom is 0.257 e. The minimum atomic E-state index is 0.113. The molecule has 1 saturated heterocycles. The highest BCUT2D eigenvalue weighted by Crippen LogP contribution is 2.30. The van der Waals surface area contributed by atoms with Crippen LogP contribution in [0.4, 0.5) is 0 Å². The van der Waals surface area contributed by atoms with E-state index in [0.717, 1.165) is 42.9 Å². The van der Waals surface area contributed by atoms with Crippen molar-refractivity contribution in [1.29, 1.82) is 0 Å². The van der Waals surface area contributed by atoms with Crippen molar-refractivity contribution in [2.45, 2.75) is 33.6 Å². The van der Waals surface area contributed by atoms with Crippen LogP contribution in [0.15, 0.2) is 0 Å². The molecule has 0 saturated carbocycles. The number of carbonyl (C=O) groups excluding carboxylic acids is 1. The summed E-state index contributed by atoms with van der Waals surface area (Å²) >= 11 is 0. The Morgan fingerprint density at radius 3 is 2.37 bits per heavy atom. The van der Waals surface area contributed by atoms with E-state index >= 15 is 0 Å². The van der Waals surface area contributed by atoms with E-state index in [1.807, 2.05) is 25.8 Å². The van der Waals surface area contributed by atoms with Gasteiger partial charge in [-0.2, -0.15) is 5.10 Å². The Balaban J connectivity index is 2.14. The maximum atomic E-state index is 12.6. The standard InChI is InChI=1S/C14H24N4O/c1-10-12(11(2)17(4)16-10)13(19)18-7-5-14(3,9-15)6-8-18/h5-9,15H2,1-4H3. The second kappa shape index (κ2) is 4.96. The third-order valence-corrected chi connectivity index (χ3v) is 4.47. The van der Waals surface area contributed by atoms with Crippen molar-refractivity contribution in [2.75, 3.05) is 19.6 Å². The molecule has 1 aromatic rings. The quantitative estimate of drug-likeness (QED) is 0.874. The van der Waals surface area contributed by atoms with Crippen molar-refractivity contribution in [2.24, 2.45) is 18.2 Å². The number of amides is 1. The number of aromatic nitrogens is 2. The number of hydrogen-bond donors (Lipinski definition) is 1. The fraction of sp³-hybridized carbons (Fsp3) is 0.714. The Hall–Kier alpha value is -1.36. The number of aryl methyl sites for hydroxylation is 2. The predicted molar refractivity (Wildman–Crippen MR) is 75.0 cm³/mol. The molecule has 106 valence electrons. The first-order chi connectivity index (χ1) is 8.88. The summed E-state index contributed by atoms with van der Waals surface area (Å²) in [6, 6.07) is 0. The molecule has 19 heavy (non-hydrogen) atoms. The molecule has 0 unspecified atom stereocenters. The van der Waals surface area contributed by atoms with E-state index in [9.17, 15) is 4.79 Å². The molecule has 0 aromatic carbocycles. The summed E-state index contributed by atoms with van der Waals surface area (Å²) in [4.78, 5) is 14.5. The van der Waals surface area contributed by atoms with Gasteiger partial charge in [-0.3, -0.25) is 9.48 Å². The number of carbonyl (C=O) groups is 1. The number of rotatable bonds is 2. The van der Waals surface area contributed by atoms with Crippen molar-refractivity contribution < 1.29 is 4.79 Å². The molecular formula is C14H24N4O. The molecule has 0 bridgehead atoms. The molecule has 0 spiro atoms. The number of hydrogen-bond acceptors (Lipinski definition) is 3. The van der Waals surface area contributed by atoms with Gasteiger partial charge in [0, 0.05) is 25.8 Å². The van der Waals surface area contributed by atoms with Gasteiger partial charge in [0.05, 0.1) is 11.3 Å². The lowest BCUT2D eigenvalue weighted by Gasteiger charge is -2.38. The molecule has 5 heteroatoms. The van der Waals surface area contributed by atoms with Gasteiger partial charge in [-0.15, -0.1) is 0 Å². The average molecular weight is 264 g/mol. The first-order valence-electron chi connectivity index (χ1n) is 6.87. The fourth-order valence-corrected chi connectivity index (χ4v) is 2.69. The van der Waals surface area contributed by atoms with Crippen LogP contribution in [-0.4, -0.2) is 40.2 Å². The Bertz CT molecular complexity index is 484. The zero-order valence-electron chi connectivity index (χ0n) is 12.4. The van der Waals surface area contributed by atoms with E-state index in [1.165, 1.54) is 0 Å². The highest BCUT2D eigenvalue weighted by atomic mass is 16.2. The molecule has 1 aliphatic rings. The van der Waals surface area contributed by atoms with Crippen molar-refractivity contribution in [1.82, 2.24) is 14.7 Å². The minimum absolute atomic E-state index is 0.113. The van der Waals surface area contributed by atoms with E-state index < -0.39 is 0 Å². The van der Waals surface area contributed by atoms with Crippen LogP contribution in [0.3, 0.4) is 0 Å². The minimum Gasteiger partial charge on any atom is -0.338 e. The first-order valence-corrected chi connectivity index (χ1v) is 6.87. The number of nitrogens with zero attached hydrogens (tertiary/aromatic N) is 3. The molecule has 0 radical (unpaired) electrons. The van der Waals surface area contributed by atoms with Gasteiger partial charge in [-0.1, -0.05) is 6.92 Å². The van der Waals surface area contributed by atoms with Crippen molar-refractivity contribution >= 4 is 5.91 Å². The maximum absolute atomic E-state index is 12.6. The van der Waals surface area contributed by atoms with Crippen LogP contribution in [-0.2, 0) is 7.05 Å². The molecule has 1 fully saturated rings. The predicted octanol–water partition coefficient (Wildman–Crippen LogP) is 1.24. The SMILES string of the molecule is Cc1nn(C)c(C)c1C(=O)N1CCC(C)(CN)CC1. The molecule has 2 N–H and O–H groups in total. The van der Waals surface area contributed by atoms with Crippen LogP contribution in [0.5, 0.6) is 0 Å². The third kappa shape index (κ3) is 2.52. The van der Waals surface area contributed by atoms with Crippen molar-refractivity contribution in [3.63, 3.8) is 0 Å². The van der Waals surface area contributed by atoms with Gasteiger partial charge >= 0.3 is 0 Å². The van der Waals surface area contributed by atoms with E-state index in [4.69, 9.17) is 5.73 Å². The Morgan fingerprint density at radius 1 is 1.37 bits per heavy atom. The molecule has 2 rings (SSSR count). The zero-order chi connectivity index (χ0) is 14.2. The highest BCUT2D eigenvalue weighted by molar-refractivity contribution is 5.96. The lowest BCUT2D eigenvalue weighted by molar-refractivity contribution is 0.0616. The van der Waals surface area contributed by atoms with Gasteiger partial charge in [0.1, 0.15) is 0 Å². The van der Waals surface area contributed by atoms with E-state index in [0.29, 0.717) is 6.54 Å². The van der Waals surface area contributed by atoms with Crippen LogP contribution in [0.1, 0.15) is 41.5 Å². The molecular weight excluding hydrogens is 240 g/mol. The van der Waals surface area contributed by atoms with Gasteiger partial charge in [-0.05, 0) is 38.6 Å². The monoisotopic (exact) mass is 264 g/mol. The Kier molecular flexibility index (Phi) is 3.67. The molecule has 0 atom stereocenters. The van der Waals surface area contributed by atoms with Crippen molar-refractivity contribution in [3.8, 4) is 0 Å². The van der Waals surface area contributed by atoms with Crippen LogP contribution in [0.2, 0.25) is 0 Å². The van der Waals surface area contributed by atoms with E-state index in [2.05, 4.69) is 12.0 Å². The molecule has 1 aliphatic heterocycles. The largest absolute Gasteiger partial charge is 0.338 e. The third-order valence-electron chi connectivity index (χ3n) is 4.47. The zero-order valence-corrected chi connectivity index (χ0v) is 12.4. The van der Waals surface area contributed by atoms with Crippen LogP contribution >= 0.6 is 0 Å². The average Bonchev–Trinajstić information content (AvgIpc) is 2.63. The molecule has 1 aromatic heterocycles. The summed E-state index contributed by atoms with van der Waals surface area (Å²) in [7, 11) is 1.88. The van der Waals surface area contributed by atoms with Crippen LogP contribution in [0.25, 0.3) is 0 Å². The molecule has 5 nitrogen and oxygen atoms in total. The lowest BCUT2D eigenvalue weighted by Crippen LogP contribution is -2.45. The number of nitrogens with two attached hydrogens (primary N) is 1. The number of likely N-dealkylation sites (tertiary alicyclic amines) is 1. The molecule has 2 heterocycles. The normalized spacial score (nSPS) is 18.7. The Labute approximate surface area is 114 Å². The van der Waals surface area contributed by atoms with E-state index in [-0.39, 0.29) is 11.3 Å². The second-order valence-electron chi connectivity index (χ2n) is 5.98. The smallest absolute Gasteiger partial charge is 0.257 e. The van der Waals surface area contributed by atoms with Crippen molar-refractivity contribution in [3.05, 3.63) is 17.0 Å². The summed E-state index contributed by atoms with van der Waals surface area (Å²) in [6.07, 6.45) is 1.96. The van der Waals surface area contributed by atoms with Crippen LogP contribution < -0.4 is 5.73 Å². The van der Waals surface area contributed by atoms with Gasteiger partial charge in [0.2, 0.25) is 0 Å². The molecule has 1 amide bonds. The Morgan fingerprint density at radius 2 is 1.95 bits per heavy atom. The summed E-state index contributed by atoms with van der Waals surface area (Å²) in [6.45, 7) is 8.32. The summed E-state index contributed by atoms with van der Waals surface area (Å²) in [5.41, 5.74) is 8.51. The van der Waals surface area contributed by atoms with E-state index in [1.54, 1.807) is 4.68 Å². The fourth-order valence-electron chi connectivity index (χ4n) is 2.69. The first kappa shape index (κ1) is 14.1. The molecule has 0 aliphatic carbocycles. The van der Waals surface area contributed by atoms with Crippen LogP contribution in [0, 0.1) is 19.3 Å². The lowest BCUT2D eigenvalue weighted by atomic mass is 9.80. The topological polar surface area (TPSA) is 64.2 Å². The summed E-state index contributed by atoms with van der Waals surface area (Å²) in [5, 5.41) is 4.32. The van der Waals surface area contributed by atoms with Gasteiger partial charge < -0.3 is 10.6 Å². The summed E-state index contributed by atoms with van der Waals surface area (Å²) in [5.74, 6) is 0.113. The van der Waals surface area contributed by atoms with Gasteiger partial charge in [0.25, 0.3) is 5.91 Å².